The maximum absolute atomic E-state index is 10.3. The Kier molecular flexibility index (Phi) is 3.56. The van der Waals surface area contributed by atoms with E-state index in [0.717, 1.165) is 0 Å². The van der Waals surface area contributed by atoms with Gasteiger partial charge in [0.05, 0.1) is 0 Å². The summed E-state index contributed by atoms with van der Waals surface area (Å²) in [5, 5.41) is 0. The Morgan fingerprint density at radius 2 is 2.11 bits per heavy atom. The molecule has 4 heteroatoms. The predicted octanol–water partition coefficient (Wildman–Crippen LogP) is -0.0332. The van der Waals surface area contributed by atoms with Gasteiger partial charge in [0.2, 0.25) is 0 Å². The lowest BCUT2D eigenvalue weighted by Crippen LogP contribution is -2.10. The summed E-state index contributed by atoms with van der Waals surface area (Å²) in [6.07, 6.45) is 0. The van der Waals surface area contributed by atoms with Gasteiger partial charge < -0.3 is 4.18 Å². The van der Waals surface area contributed by atoms with E-state index < -0.39 is 11.8 Å². The summed E-state index contributed by atoms with van der Waals surface area (Å²) >= 11 is 3.11. The number of rotatable bonds is 1. The summed E-state index contributed by atoms with van der Waals surface area (Å²) in [5.41, 5.74) is 0. The molecule has 0 heterocycles. The number of Topliss-reactive ketones (excluding diaryl/α,β-unsaturated/α-hetero) is 1. The number of carbonyl (C=O) groups excluding carboxylic acids is 2. The Bertz CT molecular complexity index is 186. The van der Waals surface area contributed by atoms with Crippen LogP contribution < -0.4 is 0 Å². The summed E-state index contributed by atoms with van der Waals surface area (Å²) < 4.78 is 3.77. The van der Waals surface area contributed by atoms with Crippen LogP contribution in [-0.4, -0.2) is 11.8 Å². The van der Waals surface area contributed by atoms with Crippen LogP contribution in [0.1, 0.15) is 6.92 Å². The van der Waals surface area contributed by atoms with Crippen molar-refractivity contribution < 1.29 is 13.8 Å². The second kappa shape index (κ2) is 3.98. The normalized spacial score (nSPS) is 6.89. The van der Waals surface area contributed by atoms with E-state index >= 15 is 0 Å². The molecule has 0 saturated carbocycles. The minimum atomic E-state index is -1.05. The standard InChI is InChI=1S/C5H4O3S/c1-2-3-4(6)5(7)8-9/h9H,1H3. The summed E-state index contributed by atoms with van der Waals surface area (Å²) in [4.78, 5) is 20.4. The van der Waals surface area contributed by atoms with Crippen LogP contribution in [0.4, 0.5) is 0 Å². The van der Waals surface area contributed by atoms with Gasteiger partial charge in [-0.05, 0) is 12.8 Å². The summed E-state index contributed by atoms with van der Waals surface area (Å²) in [5.74, 6) is 2.30. The van der Waals surface area contributed by atoms with E-state index in [9.17, 15) is 9.59 Å². The van der Waals surface area contributed by atoms with Crippen molar-refractivity contribution >= 4 is 24.7 Å². The largest absolute Gasteiger partial charge is 0.399 e. The third-order valence-corrected chi connectivity index (χ3v) is 0.673. The van der Waals surface area contributed by atoms with Crippen LogP contribution in [0.25, 0.3) is 0 Å². The zero-order valence-electron chi connectivity index (χ0n) is 4.67. The van der Waals surface area contributed by atoms with Crippen molar-refractivity contribution in [3.05, 3.63) is 0 Å². The first kappa shape index (κ1) is 8.05. The fraction of sp³-hybridized carbons (Fsp3) is 0.200. The van der Waals surface area contributed by atoms with Gasteiger partial charge in [-0.15, -0.1) is 0 Å². The third kappa shape index (κ3) is 2.77. The number of ketones is 1. The molecule has 0 atom stereocenters. The van der Waals surface area contributed by atoms with Crippen LogP contribution in [-0.2, 0) is 13.8 Å². The van der Waals surface area contributed by atoms with Crippen LogP contribution in [0, 0.1) is 11.8 Å². The maximum Gasteiger partial charge on any atom is 0.399 e. The molecule has 0 aromatic heterocycles. The molecule has 0 N–H and O–H groups in total. The molecule has 0 fully saturated rings. The fourth-order valence-corrected chi connectivity index (χ4v) is 0.289. The van der Waals surface area contributed by atoms with Crippen molar-refractivity contribution in [1.82, 2.24) is 0 Å². The molecule has 0 spiro atoms. The molecular formula is C5H4O3S. The van der Waals surface area contributed by atoms with Crippen LogP contribution in [0.15, 0.2) is 0 Å². The van der Waals surface area contributed by atoms with Gasteiger partial charge in [-0.2, -0.15) is 0 Å². The van der Waals surface area contributed by atoms with Crippen molar-refractivity contribution in [1.29, 1.82) is 0 Å². The lowest BCUT2D eigenvalue weighted by atomic mass is 10.4. The van der Waals surface area contributed by atoms with E-state index in [4.69, 9.17) is 0 Å². The van der Waals surface area contributed by atoms with Gasteiger partial charge in [0.25, 0.3) is 0 Å². The smallest absolute Gasteiger partial charge is 0.388 e. The van der Waals surface area contributed by atoms with Crippen LogP contribution in [0.3, 0.4) is 0 Å². The van der Waals surface area contributed by atoms with Crippen molar-refractivity contribution in [2.24, 2.45) is 0 Å². The monoisotopic (exact) mass is 144 g/mol. The van der Waals surface area contributed by atoms with Crippen LogP contribution in [0.5, 0.6) is 0 Å². The number of hydrogen-bond acceptors (Lipinski definition) is 4. The highest BCUT2D eigenvalue weighted by Gasteiger charge is 2.09. The second-order valence-corrected chi connectivity index (χ2v) is 1.27. The first-order valence-electron chi connectivity index (χ1n) is 2.04. The molecule has 0 radical (unpaired) electrons. The molecule has 48 valence electrons. The topological polar surface area (TPSA) is 43.4 Å². The molecule has 0 aromatic rings. The van der Waals surface area contributed by atoms with E-state index in [0.29, 0.717) is 0 Å². The molecule has 0 rings (SSSR count). The first-order chi connectivity index (χ1) is 4.22. The van der Waals surface area contributed by atoms with Gasteiger partial charge in [0, 0.05) is 12.9 Å². The Labute approximate surface area is 58.0 Å². The fourth-order valence-electron chi connectivity index (χ4n) is 0.206. The van der Waals surface area contributed by atoms with E-state index in [2.05, 4.69) is 23.0 Å². The lowest BCUT2D eigenvalue weighted by molar-refractivity contribution is -0.143. The Balaban J connectivity index is 4.00. The van der Waals surface area contributed by atoms with E-state index in [1.165, 1.54) is 6.92 Å². The SMILES string of the molecule is CC#CC(=O)C(=O)OS. The van der Waals surface area contributed by atoms with Gasteiger partial charge in [-0.1, -0.05) is 5.92 Å². The van der Waals surface area contributed by atoms with Gasteiger partial charge in [0.1, 0.15) is 0 Å². The summed E-state index contributed by atoms with van der Waals surface area (Å²) in [6, 6.07) is 0. The molecule has 0 amide bonds. The Morgan fingerprint density at radius 3 is 2.44 bits per heavy atom. The predicted molar refractivity (Wildman–Crippen MR) is 33.5 cm³/mol. The molecule has 3 nitrogen and oxygen atoms in total. The summed E-state index contributed by atoms with van der Waals surface area (Å²) in [7, 11) is 0. The van der Waals surface area contributed by atoms with Crippen molar-refractivity contribution in [3.63, 3.8) is 0 Å². The molecular weight excluding hydrogens is 140 g/mol. The molecule has 0 aliphatic carbocycles. The highest BCUT2D eigenvalue weighted by Crippen LogP contribution is 1.81. The highest BCUT2D eigenvalue weighted by molar-refractivity contribution is 7.75. The van der Waals surface area contributed by atoms with Gasteiger partial charge >= 0.3 is 11.8 Å². The van der Waals surface area contributed by atoms with E-state index in [-0.39, 0.29) is 0 Å². The third-order valence-electron chi connectivity index (χ3n) is 0.507. The minimum absolute atomic E-state index is 0.882. The van der Waals surface area contributed by atoms with Crippen molar-refractivity contribution in [2.45, 2.75) is 6.92 Å². The zero-order chi connectivity index (χ0) is 7.28. The molecule has 0 saturated heterocycles. The zero-order valence-corrected chi connectivity index (χ0v) is 5.57. The molecule has 0 aliphatic rings. The van der Waals surface area contributed by atoms with Crippen LogP contribution >= 0.6 is 12.9 Å². The van der Waals surface area contributed by atoms with Gasteiger partial charge in [-0.25, -0.2) is 4.79 Å². The summed E-state index contributed by atoms with van der Waals surface area (Å²) in [6.45, 7) is 1.45. The molecule has 0 aliphatic heterocycles. The number of carbonyl (C=O) groups is 2. The quantitative estimate of drug-likeness (QED) is 0.185. The Hall–Kier alpha value is -0.950. The van der Waals surface area contributed by atoms with E-state index in [1.54, 1.807) is 0 Å². The van der Waals surface area contributed by atoms with Crippen LogP contribution in [0.2, 0.25) is 0 Å². The lowest BCUT2D eigenvalue weighted by Gasteiger charge is -1.84. The minimum Gasteiger partial charge on any atom is -0.388 e. The average Bonchev–Trinajstić information content (AvgIpc) is 1.87. The highest BCUT2D eigenvalue weighted by atomic mass is 32.1. The first-order valence-corrected chi connectivity index (χ1v) is 2.41. The average molecular weight is 144 g/mol. The molecule has 0 aromatic carbocycles. The molecule has 9 heavy (non-hydrogen) atoms. The molecule has 0 bridgehead atoms. The number of thiol groups is 1. The van der Waals surface area contributed by atoms with E-state index in [1.807, 2.05) is 5.92 Å². The van der Waals surface area contributed by atoms with Gasteiger partial charge in [0.15, 0.2) is 0 Å². The number of hydrogen-bond donors (Lipinski definition) is 1. The maximum atomic E-state index is 10.3. The Morgan fingerprint density at radius 1 is 1.56 bits per heavy atom. The van der Waals surface area contributed by atoms with Crippen molar-refractivity contribution in [3.8, 4) is 11.8 Å². The molecule has 0 unspecified atom stereocenters. The second-order valence-electron chi connectivity index (χ2n) is 1.08. The van der Waals surface area contributed by atoms with Crippen molar-refractivity contribution in [2.75, 3.05) is 0 Å². The van der Waals surface area contributed by atoms with Gasteiger partial charge in [-0.3, -0.25) is 4.79 Å².